The molecule has 0 saturated heterocycles. The Hall–Kier alpha value is -2.00. The summed E-state index contributed by atoms with van der Waals surface area (Å²) in [5, 5.41) is 14.1. The van der Waals surface area contributed by atoms with Crippen LogP contribution in [-0.2, 0) is 11.3 Å². The molecule has 1 aromatic carbocycles. The molecule has 0 spiro atoms. The molecule has 0 fully saturated rings. The Kier molecular flexibility index (Phi) is 6.60. The van der Waals surface area contributed by atoms with Gasteiger partial charge in [-0.1, -0.05) is 6.92 Å². The number of hydrogen-bond donors (Lipinski definition) is 2. The maximum Gasteiger partial charge on any atom is 0.221 e. The van der Waals surface area contributed by atoms with Crippen molar-refractivity contribution in [3.05, 3.63) is 34.9 Å². The number of hydrogen-bond acceptors (Lipinski definition) is 3. The lowest BCUT2D eigenvalue weighted by Gasteiger charge is -2.08. The van der Waals surface area contributed by atoms with E-state index in [-0.39, 0.29) is 30.0 Å². The highest BCUT2D eigenvalue weighted by Crippen LogP contribution is 2.14. The average molecular weight is 281 g/mol. The molecular weight excluding hydrogens is 264 g/mol. The quantitative estimate of drug-likeness (QED) is 0.750. The zero-order valence-electron chi connectivity index (χ0n) is 11.3. The molecule has 0 aliphatic rings. The van der Waals surface area contributed by atoms with E-state index >= 15 is 0 Å². The third kappa shape index (κ3) is 4.94. The van der Waals surface area contributed by atoms with Gasteiger partial charge < -0.3 is 10.6 Å². The molecule has 108 valence electrons. The van der Waals surface area contributed by atoms with Crippen molar-refractivity contribution in [2.75, 3.05) is 13.1 Å². The van der Waals surface area contributed by atoms with Gasteiger partial charge in [0.2, 0.25) is 5.91 Å². The second kappa shape index (κ2) is 8.23. The third-order valence-corrected chi connectivity index (χ3v) is 2.67. The van der Waals surface area contributed by atoms with Crippen LogP contribution < -0.4 is 10.6 Å². The lowest BCUT2D eigenvalue weighted by atomic mass is 10.1. The molecule has 6 heteroatoms. The molecule has 0 atom stereocenters. The van der Waals surface area contributed by atoms with Crippen molar-refractivity contribution in [2.45, 2.75) is 26.3 Å². The van der Waals surface area contributed by atoms with E-state index < -0.39 is 11.6 Å². The number of halogens is 2. The monoisotopic (exact) mass is 281 g/mol. The maximum absolute atomic E-state index is 13.5. The SMILES string of the molecule is CCCNC(=O)CCNCc1c(F)cc(C#N)cc1F. The Balaban J connectivity index is 2.43. The average Bonchev–Trinajstić information content (AvgIpc) is 2.43. The molecule has 20 heavy (non-hydrogen) atoms. The van der Waals surface area contributed by atoms with E-state index in [4.69, 9.17) is 5.26 Å². The van der Waals surface area contributed by atoms with Crippen LogP contribution in [0.25, 0.3) is 0 Å². The number of carbonyl (C=O) groups excluding carboxylic acids is 1. The fraction of sp³-hybridized carbons (Fsp3) is 0.429. The van der Waals surface area contributed by atoms with Crippen molar-refractivity contribution in [1.82, 2.24) is 10.6 Å². The molecule has 0 unspecified atom stereocenters. The van der Waals surface area contributed by atoms with Gasteiger partial charge in [0.15, 0.2) is 0 Å². The summed E-state index contributed by atoms with van der Waals surface area (Å²) < 4.78 is 27.1. The first-order valence-corrected chi connectivity index (χ1v) is 6.44. The minimum absolute atomic E-state index is 0.0234. The largest absolute Gasteiger partial charge is 0.356 e. The fourth-order valence-corrected chi connectivity index (χ4v) is 1.60. The number of amides is 1. The van der Waals surface area contributed by atoms with Gasteiger partial charge in [0.1, 0.15) is 11.6 Å². The van der Waals surface area contributed by atoms with Gasteiger partial charge in [0.05, 0.1) is 11.6 Å². The smallest absolute Gasteiger partial charge is 0.221 e. The highest BCUT2D eigenvalue weighted by atomic mass is 19.1. The van der Waals surface area contributed by atoms with Gasteiger partial charge in [0, 0.05) is 31.6 Å². The summed E-state index contributed by atoms with van der Waals surface area (Å²) in [5.74, 6) is -1.62. The minimum Gasteiger partial charge on any atom is -0.356 e. The van der Waals surface area contributed by atoms with Crippen LogP contribution in [0.4, 0.5) is 8.78 Å². The number of benzene rings is 1. The fourth-order valence-electron chi connectivity index (χ4n) is 1.60. The predicted molar refractivity (Wildman–Crippen MR) is 70.7 cm³/mol. The van der Waals surface area contributed by atoms with Crippen LogP contribution in [0.1, 0.15) is 30.9 Å². The van der Waals surface area contributed by atoms with Crippen LogP contribution in [0.2, 0.25) is 0 Å². The van der Waals surface area contributed by atoms with E-state index in [1.54, 1.807) is 6.07 Å². The first-order valence-electron chi connectivity index (χ1n) is 6.44. The van der Waals surface area contributed by atoms with Crippen molar-refractivity contribution in [3.8, 4) is 6.07 Å². The summed E-state index contributed by atoms with van der Waals surface area (Å²) in [6.45, 7) is 2.88. The van der Waals surface area contributed by atoms with Crippen LogP contribution in [0.3, 0.4) is 0 Å². The van der Waals surface area contributed by atoms with Gasteiger partial charge in [-0.3, -0.25) is 4.79 Å². The molecule has 0 radical (unpaired) electrons. The van der Waals surface area contributed by atoms with E-state index in [0.29, 0.717) is 13.1 Å². The van der Waals surface area contributed by atoms with Gasteiger partial charge >= 0.3 is 0 Å². The summed E-state index contributed by atoms with van der Waals surface area (Å²) >= 11 is 0. The van der Waals surface area contributed by atoms with Gasteiger partial charge in [-0.2, -0.15) is 5.26 Å². The standard InChI is InChI=1S/C14H17F2N3O/c1-2-4-19-14(20)3-5-18-9-11-12(15)6-10(8-17)7-13(11)16/h6-7,18H,2-5,9H2,1H3,(H,19,20). The molecule has 0 aliphatic carbocycles. The van der Waals surface area contributed by atoms with Crippen LogP contribution in [0.15, 0.2) is 12.1 Å². The van der Waals surface area contributed by atoms with Gasteiger partial charge in [-0.25, -0.2) is 8.78 Å². The summed E-state index contributed by atoms with van der Waals surface area (Å²) in [5.41, 5.74) is -0.180. The highest BCUT2D eigenvalue weighted by molar-refractivity contribution is 5.75. The van der Waals surface area contributed by atoms with Crippen LogP contribution in [0, 0.1) is 23.0 Å². The molecule has 1 rings (SSSR count). The number of nitriles is 1. The highest BCUT2D eigenvalue weighted by Gasteiger charge is 2.11. The lowest BCUT2D eigenvalue weighted by molar-refractivity contribution is -0.120. The second-order valence-electron chi connectivity index (χ2n) is 4.31. The van der Waals surface area contributed by atoms with Gasteiger partial charge in [0.25, 0.3) is 0 Å². The van der Waals surface area contributed by atoms with E-state index in [2.05, 4.69) is 10.6 Å². The normalized spacial score (nSPS) is 10.1. The van der Waals surface area contributed by atoms with Crippen LogP contribution in [-0.4, -0.2) is 19.0 Å². The molecule has 0 saturated carbocycles. The number of nitrogens with zero attached hydrogens (tertiary/aromatic N) is 1. The molecule has 0 bridgehead atoms. The lowest BCUT2D eigenvalue weighted by Crippen LogP contribution is -2.28. The van der Waals surface area contributed by atoms with Gasteiger partial charge in [-0.15, -0.1) is 0 Å². The number of carbonyl (C=O) groups is 1. The summed E-state index contributed by atoms with van der Waals surface area (Å²) in [7, 11) is 0. The molecule has 4 nitrogen and oxygen atoms in total. The zero-order valence-corrected chi connectivity index (χ0v) is 11.3. The van der Waals surface area contributed by atoms with Crippen molar-refractivity contribution < 1.29 is 13.6 Å². The Morgan fingerprint density at radius 3 is 2.50 bits per heavy atom. The summed E-state index contributed by atoms with van der Waals surface area (Å²) in [6, 6.07) is 3.67. The maximum atomic E-state index is 13.5. The van der Waals surface area contributed by atoms with Crippen molar-refractivity contribution in [1.29, 1.82) is 5.26 Å². The topological polar surface area (TPSA) is 64.9 Å². The molecular formula is C14H17F2N3O. The Labute approximate surface area is 116 Å². The number of nitrogens with one attached hydrogen (secondary N) is 2. The third-order valence-electron chi connectivity index (χ3n) is 2.67. The second-order valence-corrected chi connectivity index (χ2v) is 4.31. The minimum atomic E-state index is -0.760. The van der Waals surface area contributed by atoms with Gasteiger partial charge in [-0.05, 0) is 18.6 Å². The molecule has 2 N–H and O–H groups in total. The molecule has 0 heterocycles. The molecule has 0 aliphatic heterocycles. The number of rotatable bonds is 7. The molecule has 1 amide bonds. The first kappa shape index (κ1) is 16.1. The summed E-state index contributed by atoms with van der Waals surface area (Å²) in [6.07, 6.45) is 1.11. The Bertz CT molecular complexity index is 489. The van der Waals surface area contributed by atoms with Crippen LogP contribution in [0.5, 0.6) is 0 Å². The zero-order chi connectivity index (χ0) is 15.0. The molecule has 1 aromatic rings. The van der Waals surface area contributed by atoms with E-state index in [0.717, 1.165) is 18.6 Å². The Morgan fingerprint density at radius 2 is 1.95 bits per heavy atom. The summed E-state index contributed by atoms with van der Waals surface area (Å²) in [4.78, 5) is 11.3. The van der Waals surface area contributed by atoms with Crippen LogP contribution >= 0.6 is 0 Å². The predicted octanol–water partition coefficient (Wildman–Crippen LogP) is 1.84. The van der Waals surface area contributed by atoms with Crippen molar-refractivity contribution in [3.63, 3.8) is 0 Å². The van der Waals surface area contributed by atoms with E-state index in [9.17, 15) is 13.6 Å². The molecule has 0 aromatic heterocycles. The van der Waals surface area contributed by atoms with E-state index in [1.165, 1.54) is 0 Å². The Morgan fingerprint density at radius 1 is 1.30 bits per heavy atom. The first-order chi connectivity index (χ1) is 9.58. The van der Waals surface area contributed by atoms with Crippen molar-refractivity contribution >= 4 is 5.91 Å². The van der Waals surface area contributed by atoms with Crippen molar-refractivity contribution in [2.24, 2.45) is 0 Å². The van der Waals surface area contributed by atoms with E-state index in [1.807, 2.05) is 6.92 Å².